The summed E-state index contributed by atoms with van der Waals surface area (Å²) in [5.74, 6) is 0.0504. The zero-order valence-corrected chi connectivity index (χ0v) is 13.2. The van der Waals surface area contributed by atoms with Gasteiger partial charge >= 0.3 is 0 Å². The molecule has 0 aromatic heterocycles. The first-order valence-corrected chi connectivity index (χ1v) is 7.96. The largest absolute Gasteiger partial charge is 0.465 e. The van der Waals surface area contributed by atoms with E-state index in [0.29, 0.717) is 22.4 Å². The molecule has 1 atom stereocenters. The van der Waals surface area contributed by atoms with Crippen molar-refractivity contribution in [3.63, 3.8) is 0 Å². The summed E-state index contributed by atoms with van der Waals surface area (Å²) in [4.78, 5) is 23.5. The Labute approximate surface area is 140 Å². The minimum absolute atomic E-state index is 0.119. The van der Waals surface area contributed by atoms with E-state index in [4.69, 9.17) is 15.2 Å². The van der Waals surface area contributed by atoms with Gasteiger partial charge in [-0.1, -0.05) is 12.1 Å². The van der Waals surface area contributed by atoms with Gasteiger partial charge in [0.2, 0.25) is 5.91 Å². The van der Waals surface area contributed by atoms with Crippen LogP contribution in [0.1, 0.15) is 45.5 Å². The lowest BCUT2D eigenvalue weighted by molar-refractivity contribution is -0.105. The Balaban J connectivity index is 1.67. The van der Waals surface area contributed by atoms with Crippen molar-refractivity contribution in [1.29, 1.82) is 0 Å². The Morgan fingerprint density at radius 3 is 2.04 bits per heavy atom. The Morgan fingerprint density at radius 1 is 0.917 bits per heavy atom. The molecule has 1 fully saturated rings. The number of ketones is 1. The van der Waals surface area contributed by atoms with E-state index in [1.54, 1.807) is 48.5 Å². The zero-order chi connectivity index (χ0) is 16.9. The minimum atomic E-state index is -0.513. The standard InChI is InChI=1S/C19H19NO4/c20-19(22)15-6-4-13(5-7-15)18(21)14-8-10-16(11-9-14)24-17-3-1-2-12-23-17/h4-11,17H,1-3,12H2,(H2,20,22). The van der Waals surface area contributed by atoms with Crippen LogP contribution in [0.4, 0.5) is 0 Å². The maximum Gasteiger partial charge on any atom is 0.248 e. The van der Waals surface area contributed by atoms with Gasteiger partial charge in [-0.2, -0.15) is 0 Å². The molecule has 1 amide bonds. The van der Waals surface area contributed by atoms with Crippen LogP contribution in [0, 0.1) is 0 Å². The van der Waals surface area contributed by atoms with E-state index in [9.17, 15) is 9.59 Å². The predicted octanol–water partition coefficient (Wildman–Crippen LogP) is 2.92. The molecular weight excluding hydrogens is 306 g/mol. The molecule has 2 aromatic carbocycles. The first kappa shape index (κ1) is 16.2. The van der Waals surface area contributed by atoms with Gasteiger partial charge in [-0.15, -0.1) is 0 Å². The second kappa shape index (κ2) is 7.27. The molecule has 0 aliphatic carbocycles. The lowest BCUT2D eigenvalue weighted by Gasteiger charge is -2.23. The lowest BCUT2D eigenvalue weighted by Crippen LogP contribution is -2.24. The molecule has 1 aliphatic heterocycles. The van der Waals surface area contributed by atoms with Crippen molar-refractivity contribution in [2.75, 3.05) is 6.61 Å². The average Bonchev–Trinajstić information content (AvgIpc) is 2.63. The summed E-state index contributed by atoms with van der Waals surface area (Å²) < 4.78 is 11.3. The van der Waals surface area contributed by atoms with Crippen molar-refractivity contribution < 1.29 is 19.1 Å². The quantitative estimate of drug-likeness (QED) is 0.857. The molecule has 5 nitrogen and oxygen atoms in total. The molecule has 5 heteroatoms. The number of benzene rings is 2. The predicted molar refractivity (Wildman–Crippen MR) is 89.1 cm³/mol. The van der Waals surface area contributed by atoms with Gasteiger partial charge in [-0.05, 0) is 49.2 Å². The molecule has 0 radical (unpaired) electrons. The van der Waals surface area contributed by atoms with Crippen LogP contribution < -0.4 is 10.5 Å². The van der Waals surface area contributed by atoms with Crippen molar-refractivity contribution in [1.82, 2.24) is 0 Å². The van der Waals surface area contributed by atoms with Crippen LogP contribution in [0.5, 0.6) is 5.75 Å². The van der Waals surface area contributed by atoms with Gasteiger partial charge in [-0.25, -0.2) is 0 Å². The molecule has 1 aliphatic rings. The van der Waals surface area contributed by atoms with Gasteiger partial charge in [-0.3, -0.25) is 9.59 Å². The number of hydrogen-bond acceptors (Lipinski definition) is 4. The van der Waals surface area contributed by atoms with Crippen LogP contribution in [0.3, 0.4) is 0 Å². The van der Waals surface area contributed by atoms with Gasteiger partial charge in [0.15, 0.2) is 12.1 Å². The summed E-state index contributed by atoms with van der Waals surface area (Å²) in [5.41, 5.74) is 6.63. The molecule has 2 aromatic rings. The third-order valence-electron chi connectivity index (χ3n) is 3.95. The second-order valence-corrected chi connectivity index (χ2v) is 5.71. The van der Waals surface area contributed by atoms with E-state index in [-0.39, 0.29) is 12.1 Å². The highest BCUT2D eigenvalue weighted by atomic mass is 16.7. The first-order chi connectivity index (χ1) is 11.6. The highest BCUT2D eigenvalue weighted by Gasteiger charge is 2.16. The van der Waals surface area contributed by atoms with Gasteiger partial charge in [0.25, 0.3) is 0 Å². The molecular formula is C19H19NO4. The molecule has 0 spiro atoms. The fourth-order valence-electron chi connectivity index (χ4n) is 2.59. The van der Waals surface area contributed by atoms with Crippen molar-refractivity contribution >= 4 is 11.7 Å². The summed E-state index contributed by atoms with van der Waals surface area (Å²) in [6.07, 6.45) is 2.85. The topological polar surface area (TPSA) is 78.6 Å². The van der Waals surface area contributed by atoms with Crippen LogP contribution in [0.25, 0.3) is 0 Å². The fraction of sp³-hybridized carbons (Fsp3) is 0.263. The molecule has 2 N–H and O–H groups in total. The number of ether oxygens (including phenoxy) is 2. The highest BCUT2D eigenvalue weighted by molar-refractivity contribution is 6.09. The van der Waals surface area contributed by atoms with Crippen molar-refractivity contribution in [2.24, 2.45) is 5.73 Å². The molecule has 3 rings (SSSR count). The third kappa shape index (κ3) is 3.81. The number of primary amides is 1. The SMILES string of the molecule is NC(=O)c1ccc(C(=O)c2ccc(OC3CCCCO3)cc2)cc1. The summed E-state index contributed by atoms with van der Waals surface area (Å²) >= 11 is 0. The van der Waals surface area contributed by atoms with Gasteiger partial charge in [0.05, 0.1) is 6.61 Å². The smallest absolute Gasteiger partial charge is 0.248 e. The molecule has 24 heavy (non-hydrogen) atoms. The second-order valence-electron chi connectivity index (χ2n) is 5.71. The van der Waals surface area contributed by atoms with Crippen LogP contribution in [0.15, 0.2) is 48.5 Å². The number of carbonyl (C=O) groups is 2. The summed E-state index contributed by atoms with van der Waals surface area (Å²) in [6.45, 7) is 0.725. The number of rotatable bonds is 5. The maximum absolute atomic E-state index is 12.4. The number of carbonyl (C=O) groups excluding carboxylic acids is 2. The van der Waals surface area contributed by atoms with Crippen LogP contribution in [0.2, 0.25) is 0 Å². The van der Waals surface area contributed by atoms with E-state index < -0.39 is 5.91 Å². The molecule has 124 valence electrons. The molecule has 1 saturated heterocycles. The van der Waals surface area contributed by atoms with Crippen LogP contribution >= 0.6 is 0 Å². The number of nitrogens with two attached hydrogens (primary N) is 1. The van der Waals surface area contributed by atoms with Gasteiger partial charge in [0.1, 0.15) is 5.75 Å². The highest BCUT2D eigenvalue weighted by Crippen LogP contribution is 2.20. The lowest BCUT2D eigenvalue weighted by atomic mass is 10.0. The molecule has 1 unspecified atom stereocenters. The van der Waals surface area contributed by atoms with E-state index >= 15 is 0 Å². The minimum Gasteiger partial charge on any atom is -0.465 e. The first-order valence-electron chi connectivity index (χ1n) is 7.96. The third-order valence-corrected chi connectivity index (χ3v) is 3.95. The monoisotopic (exact) mass is 325 g/mol. The Morgan fingerprint density at radius 2 is 1.50 bits per heavy atom. The van der Waals surface area contributed by atoms with Crippen LogP contribution in [-0.2, 0) is 4.74 Å². The van der Waals surface area contributed by atoms with Crippen molar-refractivity contribution in [3.05, 3.63) is 65.2 Å². The fourth-order valence-corrected chi connectivity index (χ4v) is 2.59. The maximum atomic E-state index is 12.4. The summed E-state index contributed by atoms with van der Waals surface area (Å²) in [7, 11) is 0. The number of amides is 1. The summed E-state index contributed by atoms with van der Waals surface area (Å²) in [5, 5.41) is 0. The van der Waals surface area contributed by atoms with E-state index in [0.717, 1.165) is 25.9 Å². The number of hydrogen-bond donors (Lipinski definition) is 1. The van der Waals surface area contributed by atoms with Crippen molar-refractivity contribution in [2.45, 2.75) is 25.6 Å². The Hall–Kier alpha value is -2.66. The van der Waals surface area contributed by atoms with Gasteiger partial charge < -0.3 is 15.2 Å². The molecule has 1 heterocycles. The zero-order valence-electron chi connectivity index (χ0n) is 13.2. The molecule has 0 saturated carbocycles. The molecule has 0 bridgehead atoms. The Kier molecular flexibility index (Phi) is 4.91. The van der Waals surface area contributed by atoms with Gasteiger partial charge in [0, 0.05) is 23.1 Å². The average molecular weight is 325 g/mol. The van der Waals surface area contributed by atoms with Crippen molar-refractivity contribution in [3.8, 4) is 5.75 Å². The van der Waals surface area contributed by atoms with E-state index in [1.807, 2.05) is 0 Å². The summed E-state index contributed by atoms with van der Waals surface area (Å²) in [6, 6.07) is 13.3. The van der Waals surface area contributed by atoms with E-state index in [2.05, 4.69) is 0 Å². The Bertz CT molecular complexity index is 716. The van der Waals surface area contributed by atoms with Crippen LogP contribution in [-0.4, -0.2) is 24.6 Å². The van der Waals surface area contributed by atoms with E-state index in [1.165, 1.54) is 0 Å². The normalized spacial score (nSPS) is 17.2.